The van der Waals surface area contributed by atoms with Crippen molar-refractivity contribution in [2.24, 2.45) is 5.92 Å². The second kappa shape index (κ2) is 5.61. The van der Waals surface area contributed by atoms with E-state index in [2.05, 4.69) is 76.5 Å². The number of rotatable bonds is 2. The predicted molar refractivity (Wildman–Crippen MR) is 98.5 cm³/mol. The highest BCUT2D eigenvalue weighted by atomic mass is 127. The lowest BCUT2D eigenvalue weighted by atomic mass is 9.77. The number of fused-ring (bicyclic) bond motifs is 3. The first-order valence-corrected chi connectivity index (χ1v) is 8.71. The minimum atomic E-state index is 0.295. The summed E-state index contributed by atoms with van der Waals surface area (Å²) in [5, 5.41) is 3.76. The van der Waals surface area contributed by atoms with E-state index in [1.807, 2.05) is 6.07 Å². The van der Waals surface area contributed by atoms with Crippen molar-refractivity contribution in [1.82, 2.24) is 0 Å². The van der Waals surface area contributed by atoms with Crippen molar-refractivity contribution in [2.75, 3.05) is 12.4 Å². The Morgan fingerprint density at radius 1 is 1.14 bits per heavy atom. The van der Waals surface area contributed by atoms with Crippen LogP contribution in [-0.4, -0.2) is 7.11 Å². The first-order chi connectivity index (χ1) is 10.8. The molecule has 112 valence electrons. The molecule has 1 heterocycles. The van der Waals surface area contributed by atoms with Gasteiger partial charge in [0.15, 0.2) is 0 Å². The fraction of sp³-hybridized carbons (Fsp3) is 0.263. The Morgan fingerprint density at radius 2 is 2.00 bits per heavy atom. The van der Waals surface area contributed by atoms with Gasteiger partial charge in [0.25, 0.3) is 0 Å². The van der Waals surface area contributed by atoms with E-state index in [1.165, 1.54) is 20.4 Å². The fourth-order valence-corrected chi connectivity index (χ4v) is 4.31. The van der Waals surface area contributed by atoms with Crippen LogP contribution < -0.4 is 10.1 Å². The lowest BCUT2D eigenvalue weighted by molar-refractivity contribution is 0.381. The molecule has 2 aliphatic rings. The minimum absolute atomic E-state index is 0.295. The Bertz CT molecular complexity index is 740. The number of ether oxygens (including phenoxy) is 1. The normalized spacial score (nSPS) is 25.3. The van der Waals surface area contributed by atoms with Crippen molar-refractivity contribution in [3.63, 3.8) is 0 Å². The number of allylic oxidation sites excluding steroid dienone is 2. The molecule has 3 heteroatoms. The summed E-state index contributed by atoms with van der Waals surface area (Å²) in [4.78, 5) is 0. The molecular weight excluding hydrogens is 385 g/mol. The van der Waals surface area contributed by atoms with Gasteiger partial charge in [-0.2, -0.15) is 0 Å². The second-order valence-corrected chi connectivity index (χ2v) is 7.19. The number of methoxy groups -OCH3 is 1. The quantitative estimate of drug-likeness (QED) is 0.555. The number of hydrogen-bond donors (Lipinski definition) is 1. The average molecular weight is 403 g/mol. The molecule has 2 aromatic rings. The van der Waals surface area contributed by atoms with Gasteiger partial charge in [-0.15, -0.1) is 0 Å². The zero-order valence-corrected chi connectivity index (χ0v) is 14.6. The largest absolute Gasteiger partial charge is 0.496 e. The van der Waals surface area contributed by atoms with E-state index in [0.717, 1.165) is 12.2 Å². The number of halogens is 1. The maximum atomic E-state index is 5.59. The van der Waals surface area contributed by atoms with Crippen molar-refractivity contribution in [1.29, 1.82) is 0 Å². The molecule has 0 saturated heterocycles. The Balaban J connectivity index is 1.81. The summed E-state index contributed by atoms with van der Waals surface area (Å²) in [7, 11) is 1.75. The van der Waals surface area contributed by atoms with E-state index in [9.17, 15) is 0 Å². The Labute approximate surface area is 144 Å². The van der Waals surface area contributed by atoms with Crippen molar-refractivity contribution >= 4 is 28.3 Å². The van der Waals surface area contributed by atoms with E-state index in [0.29, 0.717) is 17.9 Å². The molecule has 0 bridgehead atoms. The molecular formula is C19H18INO. The molecule has 1 N–H and O–H groups in total. The summed E-state index contributed by atoms with van der Waals surface area (Å²) < 4.78 is 6.89. The predicted octanol–water partition coefficient (Wildman–Crippen LogP) is 5.13. The minimum Gasteiger partial charge on any atom is -0.496 e. The van der Waals surface area contributed by atoms with Gasteiger partial charge in [0.2, 0.25) is 0 Å². The third-order valence-electron chi connectivity index (χ3n) is 4.80. The maximum Gasteiger partial charge on any atom is 0.124 e. The third-order valence-corrected chi connectivity index (χ3v) is 5.47. The summed E-state index contributed by atoms with van der Waals surface area (Å²) in [5.74, 6) is 2.03. The highest BCUT2D eigenvalue weighted by Gasteiger charge is 2.38. The van der Waals surface area contributed by atoms with Crippen LogP contribution in [0.25, 0.3) is 0 Å². The second-order valence-electron chi connectivity index (χ2n) is 5.95. The van der Waals surface area contributed by atoms with Gasteiger partial charge in [0, 0.05) is 20.7 Å². The van der Waals surface area contributed by atoms with Crippen LogP contribution in [0.1, 0.15) is 29.5 Å². The number of para-hydroxylation sites is 1. The van der Waals surface area contributed by atoms with Gasteiger partial charge in [-0.1, -0.05) is 30.4 Å². The Morgan fingerprint density at radius 3 is 2.86 bits per heavy atom. The third kappa shape index (κ3) is 2.22. The summed E-state index contributed by atoms with van der Waals surface area (Å²) >= 11 is 2.40. The fourth-order valence-electron chi connectivity index (χ4n) is 3.80. The van der Waals surface area contributed by atoms with E-state index < -0.39 is 0 Å². The molecule has 1 aliphatic carbocycles. The van der Waals surface area contributed by atoms with Gasteiger partial charge in [-0.05, 0) is 64.8 Å². The molecule has 0 saturated carbocycles. The van der Waals surface area contributed by atoms with Crippen LogP contribution in [0.4, 0.5) is 5.69 Å². The van der Waals surface area contributed by atoms with E-state index >= 15 is 0 Å². The molecule has 1 aliphatic heterocycles. The van der Waals surface area contributed by atoms with Crippen LogP contribution >= 0.6 is 22.6 Å². The van der Waals surface area contributed by atoms with Crippen molar-refractivity contribution < 1.29 is 4.74 Å². The summed E-state index contributed by atoms with van der Waals surface area (Å²) in [6.45, 7) is 0. The Kier molecular flexibility index (Phi) is 3.60. The van der Waals surface area contributed by atoms with Gasteiger partial charge >= 0.3 is 0 Å². The standard InChI is InChI=1S/C19H18INO/c1-22-18-8-3-2-5-15(18)19-14-7-4-6-13(14)16-11-12(20)9-10-17(16)21-19/h2-6,8-11,13-14,19,21H,7H2,1H3/t13-,14-,19-/m1/s1. The first-order valence-electron chi connectivity index (χ1n) is 7.63. The van der Waals surface area contributed by atoms with E-state index in [1.54, 1.807) is 7.11 Å². The summed E-state index contributed by atoms with van der Waals surface area (Å²) in [6, 6.07) is 15.4. The zero-order valence-electron chi connectivity index (χ0n) is 12.4. The summed E-state index contributed by atoms with van der Waals surface area (Å²) in [6.07, 6.45) is 5.82. The number of anilines is 1. The molecule has 22 heavy (non-hydrogen) atoms. The highest BCUT2D eigenvalue weighted by Crippen LogP contribution is 2.51. The van der Waals surface area contributed by atoms with Crippen LogP contribution in [0.15, 0.2) is 54.6 Å². The van der Waals surface area contributed by atoms with Gasteiger partial charge in [0.1, 0.15) is 5.75 Å². The molecule has 3 atom stereocenters. The van der Waals surface area contributed by atoms with Crippen molar-refractivity contribution in [3.05, 3.63) is 69.3 Å². The highest BCUT2D eigenvalue weighted by molar-refractivity contribution is 14.1. The molecule has 2 aromatic carbocycles. The van der Waals surface area contributed by atoms with Crippen LogP contribution in [0.3, 0.4) is 0 Å². The lowest BCUT2D eigenvalue weighted by Crippen LogP contribution is -2.29. The average Bonchev–Trinajstić information content (AvgIpc) is 3.04. The maximum absolute atomic E-state index is 5.59. The molecule has 0 amide bonds. The molecule has 0 aromatic heterocycles. The van der Waals surface area contributed by atoms with E-state index in [-0.39, 0.29) is 0 Å². The zero-order chi connectivity index (χ0) is 15.1. The lowest BCUT2D eigenvalue weighted by Gasteiger charge is -2.38. The molecule has 0 unspecified atom stereocenters. The van der Waals surface area contributed by atoms with E-state index in [4.69, 9.17) is 4.74 Å². The molecule has 4 rings (SSSR count). The smallest absolute Gasteiger partial charge is 0.124 e. The monoisotopic (exact) mass is 403 g/mol. The molecule has 2 nitrogen and oxygen atoms in total. The number of nitrogens with one attached hydrogen (secondary N) is 1. The molecule has 0 radical (unpaired) electrons. The number of benzene rings is 2. The first kappa shape index (κ1) is 14.1. The van der Waals surface area contributed by atoms with Crippen LogP contribution in [-0.2, 0) is 0 Å². The summed E-state index contributed by atoms with van der Waals surface area (Å²) in [5.41, 5.74) is 3.94. The van der Waals surface area contributed by atoms with Gasteiger partial charge in [-0.25, -0.2) is 0 Å². The van der Waals surface area contributed by atoms with Crippen molar-refractivity contribution in [3.8, 4) is 5.75 Å². The molecule has 0 fully saturated rings. The van der Waals surface area contributed by atoms with Crippen LogP contribution in [0.2, 0.25) is 0 Å². The van der Waals surface area contributed by atoms with Crippen molar-refractivity contribution in [2.45, 2.75) is 18.4 Å². The number of hydrogen-bond acceptors (Lipinski definition) is 2. The van der Waals surface area contributed by atoms with Crippen LogP contribution in [0, 0.1) is 9.49 Å². The topological polar surface area (TPSA) is 21.3 Å². The van der Waals surface area contributed by atoms with Gasteiger partial charge in [-0.3, -0.25) is 0 Å². The molecule has 0 spiro atoms. The van der Waals surface area contributed by atoms with Crippen LogP contribution in [0.5, 0.6) is 5.75 Å². The Hall–Kier alpha value is -1.49. The van der Waals surface area contributed by atoms with Gasteiger partial charge < -0.3 is 10.1 Å². The van der Waals surface area contributed by atoms with Gasteiger partial charge in [0.05, 0.1) is 13.2 Å². The SMILES string of the molecule is COc1ccccc1[C@@H]1Nc2ccc(I)cc2[C@@H]2C=CC[C@H]21.